The number of carbonyl (C=O) groups is 2. The lowest BCUT2D eigenvalue weighted by Crippen LogP contribution is -2.31. The molecular formula is C25H23F6N5O2. The van der Waals surface area contributed by atoms with Crippen molar-refractivity contribution in [3.05, 3.63) is 82.0 Å². The fourth-order valence-electron chi connectivity index (χ4n) is 4.30. The zero-order valence-electron chi connectivity index (χ0n) is 20.2. The first-order chi connectivity index (χ1) is 17.8. The van der Waals surface area contributed by atoms with E-state index in [-0.39, 0.29) is 36.9 Å². The third-order valence-corrected chi connectivity index (χ3v) is 6.18. The lowest BCUT2D eigenvalue weighted by molar-refractivity contribution is -0.142. The number of benzene rings is 2. The second-order valence-electron chi connectivity index (χ2n) is 8.78. The summed E-state index contributed by atoms with van der Waals surface area (Å²) in [4.78, 5) is 26.4. The molecule has 0 bridgehead atoms. The zero-order valence-corrected chi connectivity index (χ0v) is 20.2. The second-order valence-corrected chi connectivity index (χ2v) is 8.78. The van der Waals surface area contributed by atoms with E-state index in [4.69, 9.17) is 0 Å². The lowest BCUT2D eigenvalue weighted by Gasteiger charge is -2.21. The Labute approximate surface area is 213 Å². The van der Waals surface area contributed by atoms with Crippen LogP contribution in [0, 0.1) is 0 Å². The Kier molecular flexibility index (Phi) is 7.13. The van der Waals surface area contributed by atoms with Gasteiger partial charge in [-0.15, -0.1) is 0 Å². The monoisotopic (exact) mass is 539 g/mol. The number of alkyl halides is 6. The van der Waals surface area contributed by atoms with E-state index in [1.165, 1.54) is 36.2 Å². The molecule has 0 aliphatic carbocycles. The predicted octanol–water partition coefficient (Wildman–Crippen LogP) is 4.79. The van der Waals surface area contributed by atoms with Crippen LogP contribution in [0.15, 0.2) is 48.5 Å². The van der Waals surface area contributed by atoms with Crippen LogP contribution >= 0.6 is 0 Å². The van der Waals surface area contributed by atoms with E-state index in [0.717, 1.165) is 16.8 Å². The minimum atomic E-state index is -4.94. The van der Waals surface area contributed by atoms with Gasteiger partial charge < -0.3 is 15.5 Å². The van der Waals surface area contributed by atoms with Gasteiger partial charge in [0.25, 0.3) is 11.8 Å². The van der Waals surface area contributed by atoms with E-state index in [1.807, 2.05) is 0 Å². The minimum Gasteiger partial charge on any atom is -0.355 e. The van der Waals surface area contributed by atoms with Crippen LogP contribution in [0.5, 0.6) is 0 Å². The van der Waals surface area contributed by atoms with Gasteiger partial charge in [0.2, 0.25) is 0 Å². The molecule has 0 saturated carbocycles. The van der Waals surface area contributed by atoms with Crippen LogP contribution in [-0.4, -0.2) is 35.2 Å². The van der Waals surface area contributed by atoms with Gasteiger partial charge in [-0.1, -0.05) is 24.3 Å². The Bertz CT molecular complexity index is 1350. The maximum Gasteiger partial charge on any atom is 0.436 e. The quantitative estimate of drug-likeness (QED) is 0.442. The highest BCUT2D eigenvalue weighted by atomic mass is 19.4. The van der Waals surface area contributed by atoms with Gasteiger partial charge in [0.05, 0.1) is 18.2 Å². The summed E-state index contributed by atoms with van der Waals surface area (Å²) in [6, 6.07) is 9.94. The molecule has 0 saturated heterocycles. The average molecular weight is 539 g/mol. The van der Waals surface area contributed by atoms with E-state index in [1.54, 1.807) is 19.1 Å². The van der Waals surface area contributed by atoms with Crippen molar-refractivity contribution >= 4 is 17.6 Å². The third-order valence-electron chi connectivity index (χ3n) is 6.18. The number of nitrogens with one attached hydrogen (secondary N) is 2. The molecule has 2 N–H and O–H groups in total. The van der Waals surface area contributed by atoms with Crippen LogP contribution < -0.4 is 15.5 Å². The summed E-state index contributed by atoms with van der Waals surface area (Å²) in [6.45, 7) is 1.61. The van der Waals surface area contributed by atoms with E-state index >= 15 is 0 Å². The fourth-order valence-corrected chi connectivity index (χ4v) is 4.30. The molecular weight excluding hydrogens is 516 g/mol. The van der Waals surface area contributed by atoms with Crippen molar-refractivity contribution in [1.82, 2.24) is 20.4 Å². The summed E-state index contributed by atoms with van der Waals surface area (Å²) >= 11 is 0. The number of amides is 2. The molecule has 4 rings (SSSR count). The van der Waals surface area contributed by atoms with Crippen LogP contribution in [0.3, 0.4) is 0 Å². The average Bonchev–Trinajstić information content (AvgIpc) is 3.43. The summed E-state index contributed by atoms with van der Waals surface area (Å²) in [7, 11) is 1.47. The molecule has 38 heavy (non-hydrogen) atoms. The number of halogens is 6. The van der Waals surface area contributed by atoms with Gasteiger partial charge in [0, 0.05) is 25.7 Å². The van der Waals surface area contributed by atoms with Gasteiger partial charge in [-0.2, -0.15) is 31.4 Å². The molecule has 0 fully saturated rings. The smallest absolute Gasteiger partial charge is 0.355 e. The number of nitrogens with zero attached hydrogens (tertiary/aromatic N) is 3. The molecule has 2 heterocycles. The molecule has 0 unspecified atom stereocenters. The molecule has 3 aromatic rings. The van der Waals surface area contributed by atoms with Crippen molar-refractivity contribution in [2.75, 3.05) is 18.5 Å². The van der Waals surface area contributed by atoms with Crippen LogP contribution in [0.25, 0.3) is 0 Å². The van der Waals surface area contributed by atoms with Gasteiger partial charge in [-0.3, -0.25) is 9.59 Å². The molecule has 0 spiro atoms. The minimum absolute atomic E-state index is 0.0289. The lowest BCUT2D eigenvalue weighted by atomic mass is 10.0. The van der Waals surface area contributed by atoms with Crippen molar-refractivity contribution in [3.8, 4) is 0 Å². The van der Waals surface area contributed by atoms with E-state index in [0.29, 0.717) is 11.1 Å². The van der Waals surface area contributed by atoms with Crippen molar-refractivity contribution in [2.45, 2.75) is 38.4 Å². The van der Waals surface area contributed by atoms with E-state index < -0.39 is 41.1 Å². The molecule has 202 valence electrons. The van der Waals surface area contributed by atoms with Crippen molar-refractivity contribution in [1.29, 1.82) is 0 Å². The van der Waals surface area contributed by atoms with E-state index in [9.17, 15) is 35.9 Å². The molecule has 1 aromatic heterocycles. The van der Waals surface area contributed by atoms with Gasteiger partial charge >= 0.3 is 12.4 Å². The van der Waals surface area contributed by atoms with Crippen LogP contribution in [-0.2, 0) is 25.4 Å². The Morgan fingerprint density at radius 3 is 2.26 bits per heavy atom. The third kappa shape index (κ3) is 5.46. The number of rotatable bonds is 6. The Hall–Kier alpha value is -4.03. The Morgan fingerprint density at radius 1 is 0.974 bits per heavy atom. The predicted molar refractivity (Wildman–Crippen MR) is 125 cm³/mol. The first-order valence-corrected chi connectivity index (χ1v) is 11.5. The molecule has 13 heteroatoms. The molecule has 7 nitrogen and oxygen atoms in total. The van der Waals surface area contributed by atoms with Crippen molar-refractivity contribution < 1.29 is 35.9 Å². The van der Waals surface area contributed by atoms with Crippen molar-refractivity contribution in [2.24, 2.45) is 0 Å². The first kappa shape index (κ1) is 27.0. The largest absolute Gasteiger partial charge is 0.436 e. The first-order valence-electron chi connectivity index (χ1n) is 11.5. The van der Waals surface area contributed by atoms with Gasteiger partial charge in [0.1, 0.15) is 11.4 Å². The molecule has 1 atom stereocenters. The maximum absolute atomic E-state index is 13.9. The number of hydrogen-bond acceptors (Lipinski definition) is 4. The molecule has 1 aliphatic heterocycles. The summed E-state index contributed by atoms with van der Waals surface area (Å²) < 4.78 is 82.1. The normalized spacial score (nSPS) is 14.3. The second kappa shape index (κ2) is 10.0. The standard InChI is InChI=1S/C25H23F6N5O2/c1-14(16-6-8-17(9-7-16)21(37)32-2)33-22(38)19-20(25(29,30)31)34-36-11-10-35(23(19)36)13-15-4-3-5-18(12-15)24(26,27)28/h3-9,12,14H,10-11,13H2,1-2H3,(H,32,37)(H,33,38)/t14-/m0/s1. The molecule has 2 aromatic carbocycles. The number of hydrogen-bond donors (Lipinski definition) is 2. The highest BCUT2D eigenvalue weighted by Gasteiger charge is 2.44. The topological polar surface area (TPSA) is 79.3 Å². The van der Waals surface area contributed by atoms with Crippen LogP contribution in [0.1, 0.15) is 56.1 Å². The Morgan fingerprint density at radius 2 is 1.66 bits per heavy atom. The summed E-state index contributed by atoms with van der Waals surface area (Å²) in [5, 5.41) is 8.64. The van der Waals surface area contributed by atoms with E-state index in [2.05, 4.69) is 15.7 Å². The van der Waals surface area contributed by atoms with Gasteiger partial charge in [-0.25, -0.2) is 4.68 Å². The van der Waals surface area contributed by atoms with Gasteiger partial charge in [0.15, 0.2) is 5.69 Å². The number of fused-ring (bicyclic) bond motifs is 1. The molecule has 1 aliphatic rings. The maximum atomic E-state index is 13.9. The fraction of sp³-hybridized carbons (Fsp3) is 0.320. The van der Waals surface area contributed by atoms with Crippen LogP contribution in [0.4, 0.5) is 32.2 Å². The van der Waals surface area contributed by atoms with Crippen LogP contribution in [0.2, 0.25) is 0 Å². The number of aromatic nitrogens is 2. The zero-order chi connectivity index (χ0) is 27.8. The van der Waals surface area contributed by atoms with Crippen molar-refractivity contribution in [3.63, 3.8) is 0 Å². The SMILES string of the molecule is CNC(=O)c1ccc([C@H](C)NC(=O)c2c(C(F)(F)F)nn3c2N(Cc2cccc(C(F)(F)F)c2)CC3)cc1. The summed E-state index contributed by atoms with van der Waals surface area (Å²) in [5.41, 5.74) is -1.82. The van der Waals surface area contributed by atoms with Gasteiger partial charge in [-0.05, 0) is 42.3 Å². The number of carbonyl (C=O) groups excluding carboxylic acids is 2. The highest BCUT2D eigenvalue weighted by Crippen LogP contribution is 2.39. The Balaban J connectivity index is 1.63. The highest BCUT2D eigenvalue weighted by molar-refractivity contribution is 6.01. The summed E-state index contributed by atoms with van der Waals surface area (Å²) in [5.74, 6) is -1.47. The summed E-state index contributed by atoms with van der Waals surface area (Å²) in [6.07, 6.45) is -9.52. The molecule has 0 radical (unpaired) electrons. The number of anilines is 1. The molecule has 2 amide bonds.